The summed E-state index contributed by atoms with van der Waals surface area (Å²) < 4.78 is 1.84. The van der Waals surface area contributed by atoms with Gasteiger partial charge in [0.25, 0.3) is 0 Å². The molecule has 11 heteroatoms. The summed E-state index contributed by atoms with van der Waals surface area (Å²) in [6.07, 6.45) is 0.102. The average Bonchev–Trinajstić information content (AvgIpc) is 3.27. The van der Waals surface area contributed by atoms with Crippen LogP contribution in [0.15, 0.2) is 23.4 Å². The van der Waals surface area contributed by atoms with E-state index in [2.05, 4.69) is 31.0 Å². The minimum Gasteiger partial charge on any atom is -0.325 e. The van der Waals surface area contributed by atoms with E-state index >= 15 is 0 Å². The highest BCUT2D eigenvalue weighted by atomic mass is 32.2. The number of carbonyl (C=O) groups excluding carboxylic acids is 2. The highest BCUT2D eigenvalue weighted by Gasteiger charge is 2.17. The van der Waals surface area contributed by atoms with Crippen LogP contribution in [0.3, 0.4) is 0 Å². The van der Waals surface area contributed by atoms with Gasteiger partial charge < -0.3 is 9.88 Å². The number of amides is 2. The van der Waals surface area contributed by atoms with Crippen molar-refractivity contribution >= 4 is 45.7 Å². The number of nitrogens with zero attached hydrogens (tertiary/aromatic N) is 5. The van der Waals surface area contributed by atoms with Crippen LogP contribution in [0.4, 0.5) is 10.8 Å². The van der Waals surface area contributed by atoms with Crippen molar-refractivity contribution < 1.29 is 9.59 Å². The normalized spacial score (nSPS) is 10.8. The van der Waals surface area contributed by atoms with E-state index in [-0.39, 0.29) is 24.0 Å². The minimum atomic E-state index is -0.198. The number of hydrogen-bond donors (Lipinski definition) is 2. The molecule has 3 rings (SSSR count). The fourth-order valence-corrected chi connectivity index (χ4v) is 4.23. The fraction of sp³-hybridized carbons (Fsp3) is 0.368. The lowest BCUT2D eigenvalue weighted by Crippen LogP contribution is -2.18. The van der Waals surface area contributed by atoms with Crippen LogP contribution in [-0.4, -0.2) is 42.5 Å². The summed E-state index contributed by atoms with van der Waals surface area (Å²) in [5.41, 5.74) is 2.93. The molecule has 2 N–H and O–H groups in total. The van der Waals surface area contributed by atoms with Gasteiger partial charge in [0, 0.05) is 12.2 Å². The van der Waals surface area contributed by atoms with Crippen LogP contribution in [0.2, 0.25) is 0 Å². The molecular formula is C19H23N7O2S2. The third-order valence-electron chi connectivity index (χ3n) is 4.19. The fourth-order valence-electron chi connectivity index (χ4n) is 2.80. The molecule has 30 heavy (non-hydrogen) atoms. The van der Waals surface area contributed by atoms with Crippen LogP contribution in [0.5, 0.6) is 0 Å². The Kier molecular flexibility index (Phi) is 7.16. The van der Waals surface area contributed by atoms with Crippen molar-refractivity contribution in [1.29, 1.82) is 0 Å². The van der Waals surface area contributed by atoms with Crippen molar-refractivity contribution in [3.05, 3.63) is 40.2 Å². The number of anilines is 2. The second-order valence-electron chi connectivity index (χ2n) is 6.65. The van der Waals surface area contributed by atoms with Gasteiger partial charge in [-0.15, -0.1) is 20.4 Å². The molecular weight excluding hydrogens is 422 g/mol. The lowest BCUT2D eigenvalue weighted by Gasteiger charge is -2.10. The molecule has 2 heterocycles. The second kappa shape index (κ2) is 9.81. The van der Waals surface area contributed by atoms with Crippen LogP contribution < -0.4 is 10.6 Å². The zero-order valence-corrected chi connectivity index (χ0v) is 18.9. The molecule has 2 amide bonds. The molecule has 9 nitrogen and oxygen atoms in total. The quantitative estimate of drug-likeness (QED) is 0.512. The summed E-state index contributed by atoms with van der Waals surface area (Å²) >= 11 is 2.58. The first-order valence-corrected chi connectivity index (χ1v) is 11.2. The summed E-state index contributed by atoms with van der Waals surface area (Å²) in [7, 11) is 0. The first-order chi connectivity index (χ1) is 14.4. The van der Waals surface area contributed by atoms with E-state index in [0.717, 1.165) is 21.8 Å². The molecule has 1 aromatic carbocycles. The van der Waals surface area contributed by atoms with Crippen LogP contribution >= 0.6 is 23.1 Å². The van der Waals surface area contributed by atoms with Crippen LogP contribution in [0.25, 0.3) is 0 Å². The number of benzene rings is 1. The van der Waals surface area contributed by atoms with E-state index in [4.69, 9.17) is 0 Å². The maximum absolute atomic E-state index is 12.5. The van der Waals surface area contributed by atoms with Crippen LogP contribution in [0, 0.1) is 20.8 Å². The predicted molar refractivity (Wildman–Crippen MR) is 118 cm³/mol. The van der Waals surface area contributed by atoms with Crippen LogP contribution in [-0.2, 0) is 22.6 Å². The highest BCUT2D eigenvalue weighted by Crippen LogP contribution is 2.20. The first kappa shape index (κ1) is 21.9. The zero-order chi connectivity index (χ0) is 21.7. The van der Waals surface area contributed by atoms with Gasteiger partial charge in [0.05, 0.1) is 12.2 Å². The molecule has 0 aliphatic rings. The molecule has 0 saturated heterocycles. The molecule has 2 aromatic heterocycles. The number of rotatable bonds is 8. The number of carbonyl (C=O) groups is 2. The summed E-state index contributed by atoms with van der Waals surface area (Å²) in [5, 5.41) is 23.5. The molecule has 0 fully saturated rings. The van der Waals surface area contributed by atoms with Gasteiger partial charge in [0.1, 0.15) is 10.8 Å². The van der Waals surface area contributed by atoms with Crippen molar-refractivity contribution in [2.45, 2.75) is 45.8 Å². The number of nitrogens with one attached hydrogen (secondary N) is 2. The smallest absolute Gasteiger partial charge is 0.236 e. The number of aryl methyl sites for hydroxylation is 3. The Labute approximate surface area is 182 Å². The maximum atomic E-state index is 12.5. The molecule has 3 aromatic rings. The zero-order valence-electron chi connectivity index (χ0n) is 17.2. The van der Waals surface area contributed by atoms with Crippen molar-refractivity contribution in [3.8, 4) is 0 Å². The molecule has 0 unspecified atom stereocenters. The van der Waals surface area contributed by atoms with Gasteiger partial charge >= 0.3 is 0 Å². The van der Waals surface area contributed by atoms with E-state index < -0.39 is 0 Å². The lowest BCUT2D eigenvalue weighted by atomic mass is 10.1. The molecule has 0 radical (unpaired) electrons. The van der Waals surface area contributed by atoms with E-state index in [0.29, 0.717) is 22.7 Å². The molecule has 0 saturated carbocycles. The summed E-state index contributed by atoms with van der Waals surface area (Å²) in [6, 6.07) is 5.87. The Morgan fingerprint density at radius 3 is 2.53 bits per heavy atom. The van der Waals surface area contributed by atoms with E-state index in [1.165, 1.54) is 23.1 Å². The van der Waals surface area contributed by atoms with Gasteiger partial charge in [-0.2, -0.15) is 0 Å². The van der Waals surface area contributed by atoms with E-state index in [1.807, 2.05) is 50.5 Å². The molecule has 158 valence electrons. The summed E-state index contributed by atoms with van der Waals surface area (Å²) in [4.78, 5) is 24.6. The molecule has 0 aliphatic heterocycles. The third-order valence-corrected chi connectivity index (χ3v) is 5.91. The Hall–Kier alpha value is -2.79. The highest BCUT2D eigenvalue weighted by molar-refractivity contribution is 7.99. The van der Waals surface area contributed by atoms with Gasteiger partial charge in [-0.1, -0.05) is 40.8 Å². The molecule has 0 bridgehead atoms. The van der Waals surface area contributed by atoms with Crippen molar-refractivity contribution in [1.82, 2.24) is 25.0 Å². The number of aromatic nitrogens is 5. The maximum Gasteiger partial charge on any atom is 0.236 e. The van der Waals surface area contributed by atoms with Crippen molar-refractivity contribution in [2.75, 3.05) is 16.4 Å². The SMILES string of the molecule is CCn1c(CC(=O)Nc2ccc(C)cc2C)nnc1SCC(=O)Nc1nnc(C)s1. The predicted octanol–water partition coefficient (Wildman–Crippen LogP) is 2.99. The summed E-state index contributed by atoms with van der Waals surface area (Å²) in [5.74, 6) is 0.356. The van der Waals surface area contributed by atoms with Gasteiger partial charge in [-0.3, -0.25) is 14.9 Å². The minimum absolute atomic E-state index is 0.102. The third kappa shape index (κ3) is 5.63. The Morgan fingerprint density at radius 1 is 1.07 bits per heavy atom. The topological polar surface area (TPSA) is 115 Å². The van der Waals surface area contributed by atoms with Crippen LogP contribution in [0.1, 0.15) is 28.9 Å². The van der Waals surface area contributed by atoms with E-state index in [1.54, 1.807) is 0 Å². The largest absolute Gasteiger partial charge is 0.325 e. The Morgan fingerprint density at radius 2 is 1.87 bits per heavy atom. The molecule has 0 spiro atoms. The first-order valence-electron chi connectivity index (χ1n) is 9.37. The molecule has 0 atom stereocenters. The second-order valence-corrected chi connectivity index (χ2v) is 8.77. The van der Waals surface area contributed by atoms with E-state index in [9.17, 15) is 9.59 Å². The monoisotopic (exact) mass is 445 g/mol. The van der Waals surface area contributed by atoms with Crippen molar-refractivity contribution in [2.24, 2.45) is 0 Å². The summed E-state index contributed by atoms with van der Waals surface area (Å²) in [6.45, 7) is 8.34. The number of hydrogen-bond acceptors (Lipinski definition) is 8. The Bertz CT molecular complexity index is 1060. The average molecular weight is 446 g/mol. The molecule has 0 aliphatic carbocycles. The van der Waals surface area contributed by atoms with Crippen molar-refractivity contribution in [3.63, 3.8) is 0 Å². The van der Waals surface area contributed by atoms with Gasteiger partial charge in [-0.05, 0) is 39.3 Å². The van der Waals surface area contributed by atoms with Gasteiger partial charge in [-0.25, -0.2) is 0 Å². The standard InChI is InChI=1S/C19H23N7O2S2/c1-5-26-15(9-16(27)20-14-7-6-11(2)8-12(14)3)23-25-19(26)29-10-17(28)21-18-24-22-13(4)30-18/h6-8H,5,9-10H2,1-4H3,(H,20,27)(H,21,24,28). The van der Waals surface area contributed by atoms with Gasteiger partial charge in [0.2, 0.25) is 16.9 Å². The number of thioether (sulfide) groups is 1. The lowest BCUT2D eigenvalue weighted by molar-refractivity contribution is -0.116. The Balaban J connectivity index is 1.59. The van der Waals surface area contributed by atoms with Gasteiger partial charge in [0.15, 0.2) is 5.16 Å².